The number of hydrogen-bond donors (Lipinski definition) is 2. The molecule has 0 radical (unpaired) electrons. The average Bonchev–Trinajstić information content (AvgIpc) is 2.63. The molecular weight excluding hydrogens is 272 g/mol. The van der Waals surface area contributed by atoms with Gasteiger partial charge < -0.3 is 10.4 Å². The number of amides is 1. The molecule has 1 aromatic rings. The molecule has 6 nitrogen and oxygen atoms in total. The fourth-order valence-corrected chi connectivity index (χ4v) is 2.69. The summed E-state index contributed by atoms with van der Waals surface area (Å²) in [5, 5.41) is 23.8. The number of nitrogens with zero attached hydrogens (tertiary/aromatic N) is 1. The number of nitro groups is 1. The zero-order valence-electron chi connectivity index (χ0n) is 12.0. The summed E-state index contributed by atoms with van der Waals surface area (Å²) < 4.78 is 0. The monoisotopic (exact) mass is 292 g/mol. The van der Waals surface area contributed by atoms with Crippen LogP contribution in [-0.2, 0) is 0 Å². The van der Waals surface area contributed by atoms with Gasteiger partial charge in [0.25, 0.3) is 11.6 Å². The molecule has 1 aromatic carbocycles. The van der Waals surface area contributed by atoms with Gasteiger partial charge in [0.15, 0.2) is 0 Å². The average molecular weight is 292 g/mol. The third-order valence-electron chi connectivity index (χ3n) is 3.89. The maximum Gasteiger partial charge on any atom is 0.282 e. The lowest BCUT2D eigenvalue weighted by molar-refractivity contribution is -0.385. The standard InChI is InChI=1S/C15H20N2O4/c1-10-7-8-13(17(20)21)11(9-10)15(19)16-12-5-3-2-4-6-14(12)18/h7-9,12,14,18H,2-6H2,1H3,(H,16,19). The number of carbonyl (C=O) groups is 1. The molecule has 1 fully saturated rings. The Morgan fingerprint density at radius 1 is 1.33 bits per heavy atom. The molecule has 1 saturated carbocycles. The van der Waals surface area contributed by atoms with E-state index in [1.165, 1.54) is 12.1 Å². The van der Waals surface area contributed by atoms with Crippen molar-refractivity contribution in [3.63, 3.8) is 0 Å². The Hall–Kier alpha value is -1.95. The van der Waals surface area contributed by atoms with Gasteiger partial charge >= 0.3 is 0 Å². The molecule has 1 aliphatic carbocycles. The van der Waals surface area contributed by atoms with E-state index in [0.29, 0.717) is 12.8 Å². The molecule has 0 aromatic heterocycles. The van der Waals surface area contributed by atoms with Crippen LogP contribution in [0.4, 0.5) is 5.69 Å². The van der Waals surface area contributed by atoms with Gasteiger partial charge in [-0.25, -0.2) is 0 Å². The molecule has 2 atom stereocenters. The summed E-state index contributed by atoms with van der Waals surface area (Å²) in [5.41, 5.74) is 0.629. The molecule has 2 unspecified atom stereocenters. The summed E-state index contributed by atoms with van der Waals surface area (Å²) in [6.45, 7) is 1.78. The van der Waals surface area contributed by atoms with Crippen LogP contribution in [0.25, 0.3) is 0 Å². The van der Waals surface area contributed by atoms with Crippen molar-refractivity contribution in [1.29, 1.82) is 0 Å². The molecule has 0 saturated heterocycles. The molecule has 0 aliphatic heterocycles. The second-order valence-electron chi connectivity index (χ2n) is 5.56. The number of aliphatic hydroxyl groups excluding tert-OH is 1. The topological polar surface area (TPSA) is 92.5 Å². The smallest absolute Gasteiger partial charge is 0.282 e. The van der Waals surface area contributed by atoms with Crippen LogP contribution < -0.4 is 5.32 Å². The van der Waals surface area contributed by atoms with E-state index < -0.39 is 16.9 Å². The Morgan fingerprint density at radius 2 is 2.05 bits per heavy atom. The van der Waals surface area contributed by atoms with Gasteiger partial charge in [-0.3, -0.25) is 14.9 Å². The van der Waals surface area contributed by atoms with Crippen molar-refractivity contribution in [3.8, 4) is 0 Å². The van der Waals surface area contributed by atoms with Crippen molar-refractivity contribution in [2.24, 2.45) is 0 Å². The molecule has 114 valence electrons. The number of aliphatic hydroxyl groups is 1. The minimum absolute atomic E-state index is 0.0523. The molecular formula is C15H20N2O4. The maximum atomic E-state index is 12.3. The zero-order chi connectivity index (χ0) is 15.4. The largest absolute Gasteiger partial charge is 0.391 e. The molecule has 6 heteroatoms. The predicted octanol–water partition coefficient (Wildman–Crippen LogP) is 2.33. The van der Waals surface area contributed by atoms with Crippen LogP contribution >= 0.6 is 0 Å². The van der Waals surface area contributed by atoms with Gasteiger partial charge in [0.2, 0.25) is 0 Å². The Bertz CT molecular complexity index is 544. The third kappa shape index (κ3) is 3.78. The van der Waals surface area contributed by atoms with Crippen LogP contribution in [0.15, 0.2) is 18.2 Å². The number of rotatable bonds is 3. The predicted molar refractivity (Wildman–Crippen MR) is 78.2 cm³/mol. The molecule has 21 heavy (non-hydrogen) atoms. The molecule has 1 aliphatic rings. The van der Waals surface area contributed by atoms with Gasteiger partial charge in [0.05, 0.1) is 17.1 Å². The Morgan fingerprint density at radius 3 is 2.76 bits per heavy atom. The van der Waals surface area contributed by atoms with Crippen molar-refractivity contribution in [3.05, 3.63) is 39.4 Å². The quantitative estimate of drug-likeness (QED) is 0.508. The van der Waals surface area contributed by atoms with Crippen LogP contribution in [0.1, 0.15) is 48.0 Å². The van der Waals surface area contributed by atoms with Crippen molar-refractivity contribution < 1.29 is 14.8 Å². The van der Waals surface area contributed by atoms with Crippen molar-refractivity contribution >= 4 is 11.6 Å². The van der Waals surface area contributed by atoms with E-state index in [2.05, 4.69) is 5.32 Å². The highest BCUT2D eigenvalue weighted by Crippen LogP contribution is 2.22. The highest BCUT2D eigenvalue weighted by molar-refractivity contribution is 5.98. The lowest BCUT2D eigenvalue weighted by atomic mass is 10.0. The molecule has 2 rings (SSSR count). The van der Waals surface area contributed by atoms with E-state index in [4.69, 9.17) is 0 Å². The van der Waals surface area contributed by atoms with E-state index in [1.807, 2.05) is 0 Å². The normalized spacial score (nSPS) is 22.4. The SMILES string of the molecule is Cc1ccc([N+](=O)[O-])c(C(=O)NC2CCCCCC2O)c1. The van der Waals surface area contributed by atoms with E-state index in [-0.39, 0.29) is 17.3 Å². The number of nitro benzene ring substituents is 1. The molecule has 0 heterocycles. The van der Waals surface area contributed by atoms with Crippen molar-refractivity contribution in [2.75, 3.05) is 0 Å². The number of carbonyl (C=O) groups excluding carboxylic acids is 1. The number of aryl methyl sites for hydroxylation is 1. The molecule has 0 spiro atoms. The maximum absolute atomic E-state index is 12.3. The van der Waals surface area contributed by atoms with E-state index in [1.54, 1.807) is 13.0 Å². The highest BCUT2D eigenvalue weighted by atomic mass is 16.6. The first kappa shape index (κ1) is 15.4. The van der Waals surface area contributed by atoms with Crippen molar-refractivity contribution in [1.82, 2.24) is 5.32 Å². The number of nitrogens with one attached hydrogen (secondary N) is 1. The molecule has 1 amide bonds. The van der Waals surface area contributed by atoms with Crippen molar-refractivity contribution in [2.45, 2.75) is 51.2 Å². The lowest BCUT2D eigenvalue weighted by Crippen LogP contribution is -2.42. The van der Waals surface area contributed by atoms with Crippen LogP contribution in [0, 0.1) is 17.0 Å². The summed E-state index contributed by atoms with van der Waals surface area (Å²) in [6.07, 6.45) is 3.69. The van der Waals surface area contributed by atoms with Gasteiger partial charge in [-0.05, 0) is 31.4 Å². The summed E-state index contributed by atoms with van der Waals surface area (Å²) in [4.78, 5) is 22.8. The van der Waals surface area contributed by atoms with Gasteiger partial charge in [0, 0.05) is 6.07 Å². The Kier molecular flexibility index (Phi) is 4.90. The summed E-state index contributed by atoms with van der Waals surface area (Å²) in [7, 11) is 0. The van der Waals surface area contributed by atoms with Gasteiger partial charge in [0.1, 0.15) is 5.56 Å². The minimum atomic E-state index is -0.583. The highest BCUT2D eigenvalue weighted by Gasteiger charge is 2.26. The second-order valence-corrected chi connectivity index (χ2v) is 5.56. The van der Waals surface area contributed by atoms with E-state index >= 15 is 0 Å². The fraction of sp³-hybridized carbons (Fsp3) is 0.533. The van der Waals surface area contributed by atoms with Crippen LogP contribution in [-0.4, -0.2) is 28.1 Å². The zero-order valence-corrected chi connectivity index (χ0v) is 12.0. The second kappa shape index (κ2) is 6.67. The van der Waals surface area contributed by atoms with Crippen LogP contribution in [0.5, 0.6) is 0 Å². The summed E-state index contributed by atoms with van der Waals surface area (Å²) in [6, 6.07) is 4.12. The molecule has 2 N–H and O–H groups in total. The van der Waals surface area contributed by atoms with E-state index in [0.717, 1.165) is 24.8 Å². The van der Waals surface area contributed by atoms with E-state index in [9.17, 15) is 20.0 Å². The first-order chi connectivity index (χ1) is 9.99. The van der Waals surface area contributed by atoms with Crippen LogP contribution in [0.3, 0.4) is 0 Å². The third-order valence-corrected chi connectivity index (χ3v) is 3.89. The van der Waals surface area contributed by atoms with Gasteiger partial charge in [-0.2, -0.15) is 0 Å². The summed E-state index contributed by atoms with van der Waals surface area (Å²) in [5.74, 6) is -0.489. The first-order valence-corrected chi connectivity index (χ1v) is 7.23. The Balaban J connectivity index is 2.19. The van der Waals surface area contributed by atoms with Crippen LogP contribution in [0.2, 0.25) is 0 Å². The number of hydrogen-bond acceptors (Lipinski definition) is 4. The number of benzene rings is 1. The Labute approximate surface area is 123 Å². The fourth-order valence-electron chi connectivity index (χ4n) is 2.69. The summed E-state index contributed by atoms with van der Waals surface area (Å²) >= 11 is 0. The van der Waals surface area contributed by atoms with Gasteiger partial charge in [-0.15, -0.1) is 0 Å². The minimum Gasteiger partial charge on any atom is -0.391 e. The van der Waals surface area contributed by atoms with Gasteiger partial charge in [-0.1, -0.05) is 25.3 Å². The molecule has 0 bridgehead atoms. The first-order valence-electron chi connectivity index (χ1n) is 7.23. The lowest BCUT2D eigenvalue weighted by Gasteiger charge is -2.21.